The molecule has 0 atom stereocenters. The number of hydrogen-bond donors (Lipinski definition) is 2. The first-order valence-corrected chi connectivity index (χ1v) is 6.91. The first kappa shape index (κ1) is 13.9. The van der Waals surface area contributed by atoms with Crippen molar-refractivity contribution in [3.63, 3.8) is 0 Å². The Morgan fingerprint density at radius 1 is 1.09 bits per heavy atom. The van der Waals surface area contributed by atoms with Gasteiger partial charge >= 0.3 is 0 Å². The van der Waals surface area contributed by atoms with Crippen molar-refractivity contribution in [1.29, 1.82) is 0 Å². The van der Waals surface area contributed by atoms with Crippen molar-refractivity contribution in [3.05, 3.63) is 60.2 Å². The lowest BCUT2D eigenvalue weighted by molar-refractivity contribution is 0.414. The molecule has 0 saturated heterocycles. The zero-order valence-corrected chi connectivity index (χ0v) is 12.2. The minimum atomic E-state index is 0.237. The Morgan fingerprint density at radius 2 is 1.82 bits per heavy atom. The molecule has 0 aliphatic rings. The van der Waals surface area contributed by atoms with Gasteiger partial charge in [-0.05, 0) is 29.8 Å². The number of ether oxygens (including phenoxy) is 1. The minimum Gasteiger partial charge on any atom is -0.497 e. The van der Waals surface area contributed by atoms with Crippen LogP contribution in [0.1, 0.15) is 5.56 Å². The highest BCUT2D eigenvalue weighted by Crippen LogP contribution is 2.16. The summed E-state index contributed by atoms with van der Waals surface area (Å²) in [7, 11) is 1.65. The van der Waals surface area contributed by atoms with E-state index in [1.807, 2.05) is 54.6 Å². The lowest BCUT2D eigenvalue weighted by Gasteiger charge is -2.08. The molecule has 1 heterocycles. The fourth-order valence-corrected chi connectivity index (χ4v) is 2.12. The Hall–Kier alpha value is -3.02. The Labute approximate surface area is 128 Å². The monoisotopic (exact) mass is 295 g/mol. The normalized spacial score (nSPS) is 10.4. The van der Waals surface area contributed by atoms with Gasteiger partial charge in [0, 0.05) is 6.54 Å². The van der Waals surface area contributed by atoms with Gasteiger partial charge in [0.2, 0.25) is 11.9 Å². The van der Waals surface area contributed by atoms with Crippen molar-refractivity contribution in [2.45, 2.75) is 6.54 Å². The topological polar surface area (TPSA) is 78.0 Å². The molecule has 0 aliphatic carbocycles. The van der Waals surface area contributed by atoms with Crippen LogP contribution < -0.4 is 15.8 Å². The Bertz CT molecular complexity index is 737. The van der Waals surface area contributed by atoms with Crippen LogP contribution in [0.15, 0.2) is 54.6 Å². The standard InChI is InChI=1S/C16H17N5O/c1-22-14-9-7-12(8-10-14)11-18-16-19-15(17)20-21(16)13-5-3-2-4-6-13/h2-10H,11H2,1H3,(H3,17,18,19,20). The molecule has 22 heavy (non-hydrogen) atoms. The van der Waals surface area contributed by atoms with E-state index in [0.29, 0.717) is 12.5 Å². The summed E-state index contributed by atoms with van der Waals surface area (Å²) in [5.74, 6) is 1.68. The Kier molecular flexibility index (Phi) is 3.91. The number of anilines is 2. The van der Waals surface area contributed by atoms with Crippen LogP contribution in [0, 0.1) is 0 Å². The largest absolute Gasteiger partial charge is 0.497 e. The van der Waals surface area contributed by atoms with Gasteiger partial charge in [0.25, 0.3) is 0 Å². The third-order valence-corrected chi connectivity index (χ3v) is 3.23. The second-order valence-corrected chi connectivity index (χ2v) is 4.74. The fraction of sp³-hybridized carbons (Fsp3) is 0.125. The maximum absolute atomic E-state index is 5.72. The van der Waals surface area contributed by atoms with Crippen molar-refractivity contribution in [2.75, 3.05) is 18.2 Å². The molecule has 0 bridgehead atoms. The number of para-hydroxylation sites is 1. The van der Waals surface area contributed by atoms with Gasteiger partial charge in [-0.1, -0.05) is 30.3 Å². The molecule has 0 spiro atoms. The third-order valence-electron chi connectivity index (χ3n) is 3.23. The molecule has 1 aromatic heterocycles. The van der Waals surface area contributed by atoms with Gasteiger partial charge in [0.05, 0.1) is 12.8 Å². The van der Waals surface area contributed by atoms with Gasteiger partial charge in [-0.25, -0.2) is 0 Å². The zero-order valence-electron chi connectivity index (χ0n) is 12.2. The van der Waals surface area contributed by atoms with Crippen molar-refractivity contribution in [2.24, 2.45) is 0 Å². The second-order valence-electron chi connectivity index (χ2n) is 4.74. The molecule has 3 N–H and O–H groups in total. The van der Waals surface area contributed by atoms with Gasteiger partial charge in [-0.2, -0.15) is 9.67 Å². The highest BCUT2D eigenvalue weighted by Gasteiger charge is 2.09. The summed E-state index contributed by atoms with van der Waals surface area (Å²) in [6, 6.07) is 17.6. The van der Waals surface area contributed by atoms with E-state index in [-0.39, 0.29) is 5.95 Å². The maximum Gasteiger partial charge on any atom is 0.241 e. The molecule has 3 rings (SSSR count). The van der Waals surface area contributed by atoms with Crippen LogP contribution in [0.5, 0.6) is 5.75 Å². The quantitative estimate of drug-likeness (QED) is 0.756. The van der Waals surface area contributed by atoms with Gasteiger partial charge < -0.3 is 15.8 Å². The van der Waals surface area contributed by atoms with Gasteiger partial charge in [-0.15, -0.1) is 5.10 Å². The molecule has 0 fully saturated rings. The van der Waals surface area contributed by atoms with E-state index in [0.717, 1.165) is 17.0 Å². The Morgan fingerprint density at radius 3 is 2.50 bits per heavy atom. The summed E-state index contributed by atoms with van der Waals surface area (Å²) in [6.45, 7) is 0.620. The van der Waals surface area contributed by atoms with Gasteiger partial charge in [0.1, 0.15) is 5.75 Å². The fourth-order valence-electron chi connectivity index (χ4n) is 2.12. The van der Waals surface area contributed by atoms with Crippen molar-refractivity contribution < 1.29 is 4.74 Å². The summed E-state index contributed by atoms with van der Waals surface area (Å²) in [6.07, 6.45) is 0. The lowest BCUT2D eigenvalue weighted by atomic mass is 10.2. The van der Waals surface area contributed by atoms with Gasteiger partial charge in [-0.3, -0.25) is 0 Å². The summed E-state index contributed by atoms with van der Waals surface area (Å²) in [5, 5.41) is 7.48. The zero-order chi connectivity index (χ0) is 15.4. The van der Waals surface area contributed by atoms with Crippen LogP contribution in [0.25, 0.3) is 5.69 Å². The van der Waals surface area contributed by atoms with E-state index < -0.39 is 0 Å². The van der Waals surface area contributed by atoms with Crippen LogP contribution in [-0.2, 0) is 6.54 Å². The molecule has 0 unspecified atom stereocenters. The predicted molar refractivity (Wildman–Crippen MR) is 86.1 cm³/mol. The average molecular weight is 295 g/mol. The predicted octanol–water partition coefficient (Wildman–Crippen LogP) is 2.47. The average Bonchev–Trinajstić information content (AvgIpc) is 2.95. The number of rotatable bonds is 5. The Balaban J connectivity index is 1.77. The van der Waals surface area contributed by atoms with E-state index in [4.69, 9.17) is 10.5 Å². The number of nitrogens with one attached hydrogen (secondary N) is 1. The number of nitrogen functional groups attached to an aromatic ring is 1. The first-order chi connectivity index (χ1) is 10.8. The number of aromatic nitrogens is 3. The highest BCUT2D eigenvalue weighted by molar-refractivity contribution is 5.43. The maximum atomic E-state index is 5.72. The summed E-state index contributed by atoms with van der Waals surface area (Å²) in [4.78, 5) is 4.23. The first-order valence-electron chi connectivity index (χ1n) is 6.91. The van der Waals surface area contributed by atoms with Crippen molar-refractivity contribution >= 4 is 11.9 Å². The van der Waals surface area contributed by atoms with Crippen LogP contribution in [-0.4, -0.2) is 21.9 Å². The minimum absolute atomic E-state index is 0.237. The lowest BCUT2D eigenvalue weighted by Crippen LogP contribution is -2.07. The van der Waals surface area contributed by atoms with Crippen LogP contribution in [0.3, 0.4) is 0 Å². The molecule has 0 amide bonds. The van der Waals surface area contributed by atoms with E-state index >= 15 is 0 Å². The van der Waals surface area contributed by atoms with Crippen LogP contribution in [0.4, 0.5) is 11.9 Å². The molecule has 3 aromatic rings. The molecule has 6 heteroatoms. The van der Waals surface area contributed by atoms with Gasteiger partial charge in [0.15, 0.2) is 0 Å². The van der Waals surface area contributed by atoms with Crippen LogP contribution in [0.2, 0.25) is 0 Å². The molecule has 2 aromatic carbocycles. The molecule has 0 saturated carbocycles. The summed E-state index contributed by atoms with van der Waals surface area (Å²) < 4.78 is 6.84. The second kappa shape index (κ2) is 6.17. The smallest absolute Gasteiger partial charge is 0.241 e. The molecule has 112 valence electrons. The van der Waals surface area contributed by atoms with Crippen LogP contribution >= 0.6 is 0 Å². The molecule has 0 aliphatic heterocycles. The number of hydrogen-bond acceptors (Lipinski definition) is 5. The molecule has 0 radical (unpaired) electrons. The molecular weight excluding hydrogens is 278 g/mol. The van der Waals surface area contributed by atoms with E-state index in [9.17, 15) is 0 Å². The van der Waals surface area contributed by atoms with Crippen molar-refractivity contribution in [1.82, 2.24) is 14.8 Å². The number of benzene rings is 2. The van der Waals surface area contributed by atoms with E-state index in [1.54, 1.807) is 11.8 Å². The number of methoxy groups -OCH3 is 1. The number of nitrogens with zero attached hydrogens (tertiary/aromatic N) is 3. The molecule has 6 nitrogen and oxygen atoms in total. The SMILES string of the molecule is COc1ccc(CNc2nc(N)nn2-c2ccccc2)cc1. The van der Waals surface area contributed by atoms with Crippen molar-refractivity contribution in [3.8, 4) is 11.4 Å². The summed E-state index contributed by atoms with van der Waals surface area (Å²) in [5.41, 5.74) is 7.74. The third kappa shape index (κ3) is 3.01. The highest BCUT2D eigenvalue weighted by atomic mass is 16.5. The van der Waals surface area contributed by atoms with E-state index in [1.165, 1.54) is 0 Å². The van der Waals surface area contributed by atoms with E-state index in [2.05, 4.69) is 15.4 Å². The molecular formula is C16H17N5O. The number of nitrogens with two attached hydrogens (primary N) is 1. The summed E-state index contributed by atoms with van der Waals surface area (Å²) >= 11 is 0.